The molecule has 1 saturated heterocycles. The van der Waals surface area contributed by atoms with Gasteiger partial charge in [0.1, 0.15) is 0 Å². The Morgan fingerprint density at radius 2 is 1.88 bits per heavy atom. The Bertz CT molecular complexity index is 1040. The largest absolute Gasteiger partial charge is 0.416 e. The zero-order chi connectivity index (χ0) is 22.1. The Balaban J connectivity index is 1.40. The molecule has 0 saturated carbocycles. The van der Waals surface area contributed by atoms with Crippen LogP contribution in [-0.4, -0.2) is 12.6 Å². The molecule has 1 fully saturated rings. The molecular formula is C25H25F3N2OS. The predicted molar refractivity (Wildman–Crippen MR) is 121 cm³/mol. The average Bonchev–Trinajstić information content (AvgIpc) is 3.32. The third-order valence-electron chi connectivity index (χ3n) is 6.38. The monoisotopic (exact) mass is 458 g/mol. The second-order valence-electron chi connectivity index (χ2n) is 8.46. The summed E-state index contributed by atoms with van der Waals surface area (Å²) in [6.45, 7) is 1.45. The first-order chi connectivity index (χ1) is 15.5. The molecule has 3 aromatic rings. The van der Waals surface area contributed by atoms with E-state index in [1.54, 1.807) is 17.4 Å². The molecule has 2 aliphatic heterocycles. The molecule has 2 N–H and O–H groups in total. The van der Waals surface area contributed by atoms with Crippen LogP contribution in [0.25, 0.3) is 0 Å². The highest BCUT2D eigenvalue weighted by Gasteiger charge is 2.43. The van der Waals surface area contributed by atoms with Gasteiger partial charge in [-0.05, 0) is 48.1 Å². The molecule has 3 nitrogen and oxygen atoms in total. The van der Waals surface area contributed by atoms with Crippen molar-refractivity contribution in [2.75, 3.05) is 11.9 Å². The van der Waals surface area contributed by atoms with Crippen molar-refractivity contribution in [3.63, 3.8) is 0 Å². The summed E-state index contributed by atoms with van der Waals surface area (Å²) in [4.78, 5) is 1.25. The standard InChI is InChI=1S/C25H25F3N2OS/c26-25(27,28)17-8-11-22-21(13-17)24-20(23(30-22)16-5-2-1-3-6-16)10-9-18(31-24)14-29-15-19-7-4-12-32-19/h1-8,11-13,18,20,23-24,29-30H,9-10,14-15H2/t18-,20+,23+,24+/m1/s1. The van der Waals surface area contributed by atoms with Crippen LogP contribution in [-0.2, 0) is 17.5 Å². The second-order valence-corrected chi connectivity index (χ2v) is 9.49. The Morgan fingerprint density at radius 3 is 2.62 bits per heavy atom. The topological polar surface area (TPSA) is 33.3 Å². The molecule has 3 heterocycles. The number of hydrogen-bond acceptors (Lipinski definition) is 4. The summed E-state index contributed by atoms with van der Waals surface area (Å²) in [5.74, 6) is 0.0712. The SMILES string of the molecule is FC(F)(F)c1ccc2c(c1)[C@H]1O[C@@H](CNCc3cccs3)CC[C@H]1[C@H](c1ccccc1)N2. The summed E-state index contributed by atoms with van der Waals surface area (Å²) in [5, 5.41) is 9.00. The number of fused-ring (bicyclic) bond motifs is 3. The molecule has 32 heavy (non-hydrogen) atoms. The quantitative estimate of drug-likeness (QED) is 0.454. The highest BCUT2D eigenvalue weighted by molar-refractivity contribution is 7.09. The molecular weight excluding hydrogens is 433 g/mol. The minimum atomic E-state index is -4.38. The molecule has 2 aromatic carbocycles. The summed E-state index contributed by atoms with van der Waals surface area (Å²) in [6, 6.07) is 18.2. The molecule has 4 atom stereocenters. The van der Waals surface area contributed by atoms with Gasteiger partial charge in [0.15, 0.2) is 0 Å². The number of hydrogen-bond donors (Lipinski definition) is 2. The van der Waals surface area contributed by atoms with Crippen LogP contribution in [0.15, 0.2) is 66.0 Å². The van der Waals surface area contributed by atoms with Crippen LogP contribution in [0.2, 0.25) is 0 Å². The molecule has 2 aliphatic rings. The van der Waals surface area contributed by atoms with Gasteiger partial charge in [-0.15, -0.1) is 11.3 Å². The van der Waals surface area contributed by atoms with E-state index in [0.717, 1.165) is 36.7 Å². The van der Waals surface area contributed by atoms with Crippen molar-refractivity contribution in [2.24, 2.45) is 5.92 Å². The first-order valence-corrected chi connectivity index (χ1v) is 11.8. The highest BCUT2D eigenvalue weighted by Crippen LogP contribution is 2.51. The van der Waals surface area contributed by atoms with E-state index < -0.39 is 11.7 Å². The maximum absolute atomic E-state index is 13.4. The lowest BCUT2D eigenvalue weighted by Crippen LogP contribution is -2.42. The molecule has 0 radical (unpaired) electrons. The van der Waals surface area contributed by atoms with Crippen molar-refractivity contribution >= 4 is 17.0 Å². The van der Waals surface area contributed by atoms with E-state index in [-0.39, 0.29) is 24.2 Å². The van der Waals surface area contributed by atoms with E-state index in [1.165, 1.54) is 10.9 Å². The van der Waals surface area contributed by atoms with Gasteiger partial charge in [0, 0.05) is 35.1 Å². The van der Waals surface area contributed by atoms with Crippen molar-refractivity contribution in [1.82, 2.24) is 5.32 Å². The normalized spacial score (nSPS) is 25.0. The van der Waals surface area contributed by atoms with Crippen molar-refractivity contribution < 1.29 is 17.9 Å². The molecule has 0 aliphatic carbocycles. The number of halogens is 3. The number of ether oxygens (including phenoxy) is 1. The number of nitrogens with one attached hydrogen (secondary N) is 2. The van der Waals surface area contributed by atoms with Gasteiger partial charge in [-0.25, -0.2) is 0 Å². The number of alkyl halides is 3. The third kappa shape index (κ3) is 4.42. The van der Waals surface area contributed by atoms with Crippen LogP contribution in [0.1, 0.15) is 46.6 Å². The average molecular weight is 459 g/mol. The maximum atomic E-state index is 13.4. The minimum absolute atomic E-state index is 0.00506. The Kier molecular flexibility index (Phi) is 5.97. The maximum Gasteiger partial charge on any atom is 0.416 e. The molecule has 0 unspecified atom stereocenters. The third-order valence-corrected chi connectivity index (χ3v) is 7.26. The van der Waals surface area contributed by atoms with Crippen molar-refractivity contribution in [3.05, 3.63) is 87.6 Å². The van der Waals surface area contributed by atoms with Gasteiger partial charge in [0.25, 0.3) is 0 Å². The first kappa shape index (κ1) is 21.5. The molecule has 0 spiro atoms. The van der Waals surface area contributed by atoms with Gasteiger partial charge in [-0.3, -0.25) is 0 Å². The molecule has 168 valence electrons. The Morgan fingerprint density at radius 1 is 1.03 bits per heavy atom. The van der Waals surface area contributed by atoms with Crippen molar-refractivity contribution in [2.45, 2.75) is 43.8 Å². The van der Waals surface area contributed by atoms with E-state index in [9.17, 15) is 13.2 Å². The zero-order valence-electron chi connectivity index (χ0n) is 17.4. The number of anilines is 1. The second kappa shape index (κ2) is 8.89. The number of thiophene rings is 1. The molecule has 5 rings (SSSR count). The summed E-state index contributed by atoms with van der Waals surface area (Å²) in [5.41, 5.74) is 1.84. The fourth-order valence-corrected chi connectivity index (χ4v) is 5.52. The van der Waals surface area contributed by atoms with Crippen LogP contribution in [0.5, 0.6) is 0 Å². The smallest absolute Gasteiger partial charge is 0.378 e. The van der Waals surface area contributed by atoms with E-state index in [2.05, 4.69) is 28.8 Å². The van der Waals surface area contributed by atoms with Crippen LogP contribution in [0.4, 0.5) is 18.9 Å². The van der Waals surface area contributed by atoms with Gasteiger partial charge in [-0.2, -0.15) is 13.2 Å². The lowest BCUT2D eigenvalue weighted by Gasteiger charge is -2.46. The van der Waals surface area contributed by atoms with Crippen LogP contribution in [0, 0.1) is 5.92 Å². The van der Waals surface area contributed by atoms with E-state index in [1.807, 2.05) is 29.6 Å². The number of benzene rings is 2. The molecule has 7 heteroatoms. The summed E-state index contributed by atoms with van der Waals surface area (Å²) < 4.78 is 46.8. The fourth-order valence-electron chi connectivity index (χ4n) is 4.84. The highest BCUT2D eigenvalue weighted by atomic mass is 32.1. The van der Waals surface area contributed by atoms with Gasteiger partial charge < -0.3 is 15.4 Å². The lowest BCUT2D eigenvalue weighted by atomic mass is 9.76. The summed E-state index contributed by atoms with van der Waals surface area (Å²) in [6.07, 6.45) is -3.03. The van der Waals surface area contributed by atoms with Crippen LogP contribution in [0.3, 0.4) is 0 Å². The van der Waals surface area contributed by atoms with Crippen LogP contribution >= 0.6 is 11.3 Å². The summed E-state index contributed by atoms with van der Waals surface area (Å²) >= 11 is 1.70. The van der Waals surface area contributed by atoms with Crippen LogP contribution < -0.4 is 10.6 Å². The van der Waals surface area contributed by atoms with Crippen molar-refractivity contribution in [1.29, 1.82) is 0 Å². The van der Waals surface area contributed by atoms with Gasteiger partial charge in [0.05, 0.1) is 23.8 Å². The van der Waals surface area contributed by atoms with E-state index >= 15 is 0 Å². The molecule has 0 bridgehead atoms. The number of rotatable bonds is 5. The lowest BCUT2D eigenvalue weighted by molar-refractivity contribution is -0.138. The molecule has 0 amide bonds. The Labute approximate surface area is 189 Å². The predicted octanol–water partition coefficient (Wildman–Crippen LogP) is 6.56. The van der Waals surface area contributed by atoms with E-state index in [0.29, 0.717) is 12.1 Å². The molecule has 1 aromatic heterocycles. The van der Waals surface area contributed by atoms with E-state index in [4.69, 9.17) is 4.74 Å². The summed E-state index contributed by atoms with van der Waals surface area (Å²) in [7, 11) is 0. The first-order valence-electron chi connectivity index (χ1n) is 10.9. The Hall–Kier alpha value is -2.35. The zero-order valence-corrected chi connectivity index (χ0v) is 18.3. The van der Waals surface area contributed by atoms with Gasteiger partial charge in [0.2, 0.25) is 0 Å². The van der Waals surface area contributed by atoms with Crippen molar-refractivity contribution in [3.8, 4) is 0 Å². The van der Waals surface area contributed by atoms with Gasteiger partial charge in [-0.1, -0.05) is 36.4 Å². The van der Waals surface area contributed by atoms with Gasteiger partial charge >= 0.3 is 6.18 Å². The fraction of sp³-hybridized carbons (Fsp3) is 0.360. The minimum Gasteiger partial charge on any atom is -0.378 e.